The summed E-state index contributed by atoms with van der Waals surface area (Å²) < 4.78 is 15.0. The molecular formula is C28H36FN5O2. The number of allylic oxidation sites excluding steroid dienone is 4. The van der Waals surface area contributed by atoms with Crippen LogP contribution in [0, 0.1) is 5.82 Å². The second kappa shape index (κ2) is 12.1. The summed E-state index contributed by atoms with van der Waals surface area (Å²) in [6.45, 7) is 5.93. The molecule has 8 heteroatoms. The molecule has 1 aliphatic heterocycles. The van der Waals surface area contributed by atoms with Gasteiger partial charge in [0.25, 0.3) is 0 Å². The van der Waals surface area contributed by atoms with Crippen molar-refractivity contribution in [2.45, 2.75) is 64.5 Å². The van der Waals surface area contributed by atoms with Crippen LogP contribution in [0.25, 0.3) is 5.57 Å². The van der Waals surface area contributed by atoms with Crippen molar-refractivity contribution < 1.29 is 14.3 Å². The number of carbonyl (C=O) groups is 1. The molecule has 2 aliphatic rings. The number of benzene rings is 1. The van der Waals surface area contributed by atoms with Gasteiger partial charge in [-0.2, -0.15) is 4.39 Å². The zero-order valence-corrected chi connectivity index (χ0v) is 21.1. The maximum Gasteiger partial charge on any atom is 0.321 e. The summed E-state index contributed by atoms with van der Waals surface area (Å²) in [5.41, 5.74) is 4.81. The number of halogens is 1. The van der Waals surface area contributed by atoms with Gasteiger partial charge in [0, 0.05) is 25.7 Å². The van der Waals surface area contributed by atoms with Gasteiger partial charge in [-0.05, 0) is 67.7 Å². The fourth-order valence-corrected chi connectivity index (χ4v) is 4.99. The van der Waals surface area contributed by atoms with Crippen molar-refractivity contribution in [3.05, 3.63) is 65.3 Å². The van der Waals surface area contributed by atoms with Crippen LogP contribution in [0.4, 0.5) is 16.0 Å². The number of nitrogens with one attached hydrogen (secondary N) is 2. The van der Waals surface area contributed by atoms with Crippen LogP contribution < -0.4 is 15.5 Å². The van der Waals surface area contributed by atoms with Crippen molar-refractivity contribution in [2.24, 2.45) is 0 Å². The molecule has 0 amide bonds. The maximum absolute atomic E-state index is 15.0. The number of hydrogen-bond acceptors (Lipinski definition) is 6. The molecule has 1 fully saturated rings. The first kappa shape index (κ1) is 25.8. The second-order valence-corrected chi connectivity index (χ2v) is 9.63. The number of nitrogens with zero attached hydrogens (tertiary/aromatic N) is 3. The summed E-state index contributed by atoms with van der Waals surface area (Å²) in [5.74, 6) is -0.870. The normalized spacial score (nSPS) is 18.9. The number of aliphatic carboxylic acids is 1. The third kappa shape index (κ3) is 6.29. The average Bonchev–Trinajstić information content (AvgIpc) is 2.89. The van der Waals surface area contributed by atoms with Crippen molar-refractivity contribution >= 4 is 23.2 Å². The minimum atomic E-state index is -0.883. The van der Waals surface area contributed by atoms with Crippen molar-refractivity contribution in [2.75, 3.05) is 29.9 Å². The Labute approximate surface area is 212 Å². The number of carboxylic acids is 1. The lowest BCUT2D eigenvalue weighted by atomic mass is 9.91. The van der Waals surface area contributed by atoms with Crippen LogP contribution in [0.5, 0.6) is 0 Å². The summed E-state index contributed by atoms with van der Waals surface area (Å²) >= 11 is 0. The summed E-state index contributed by atoms with van der Waals surface area (Å²) in [5, 5.41) is 16.2. The minimum absolute atomic E-state index is 0.0811. The predicted molar refractivity (Wildman–Crippen MR) is 142 cm³/mol. The number of rotatable bonds is 10. The van der Waals surface area contributed by atoms with Crippen LogP contribution in [0.1, 0.15) is 57.1 Å². The Balaban J connectivity index is 1.41. The molecule has 2 atom stereocenters. The number of carboxylic acid groups (broad SMARTS) is 1. The van der Waals surface area contributed by atoms with Crippen LogP contribution in [0.15, 0.2) is 48.3 Å². The smallest absolute Gasteiger partial charge is 0.321 e. The van der Waals surface area contributed by atoms with Gasteiger partial charge in [0.15, 0.2) is 11.6 Å². The fraction of sp³-hybridized carbons (Fsp3) is 0.464. The van der Waals surface area contributed by atoms with E-state index < -0.39 is 17.8 Å². The molecule has 4 rings (SSSR count). The molecule has 2 aromatic rings. The molecular weight excluding hydrogens is 457 g/mol. The lowest BCUT2D eigenvalue weighted by Crippen LogP contribution is -2.52. The van der Waals surface area contributed by atoms with E-state index in [-0.39, 0.29) is 17.7 Å². The van der Waals surface area contributed by atoms with Gasteiger partial charge in [-0.15, -0.1) is 0 Å². The van der Waals surface area contributed by atoms with Gasteiger partial charge in [0.05, 0.1) is 0 Å². The SMILES string of the molecule is CCCNc1ncnc(N2CCCC(N[C@@H](Cc3ccc(C4=C(C)C=CCC4)cc3)C(=O)O)C2)c1F. The summed E-state index contributed by atoms with van der Waals surface area (Å²) in [7, 11) is 0. The molecule has 0 bridgehead atoms. The Morgan fingerprint density at radius 3 is 2.81 bits per heavy atom. The molecule has 1 aliphatic carbocycles. The number of hydrogen-bond donors (Lipinski definition) is 3. The molecule has 1 aromatic heterocycles. The Morgan fingerprint density at radius 2 is 2.08 bits per heavy atom. The molecule has 0 spiro atoms. The number of anilines is 2. The zero-order chi connectivity index (χ0) is 25.5. The van der Waals surface area contributed by atoms with Crippen molar-refractivity contribution in [1.82, 2.24) is 15.3 Å². The van der Waals surface area contributed by atoms with E-state index in [0.717, 1.165) is 37.7 Å². The first-order chi connectivity index (χ1) is 17.5. The largest absolute Gasteiger partial charge is 0.480 e. The third-order valence-electron chi connectivity index (χ3n) is 6.92. The Hall–Kier alpha value is -3.26. The van der Waals surface area contributed by atoms with E-state index in [4.69, 9.17) is 0 Å². The van der Waals surface area contributed by atoms with Gasteiger partial charge >= 0.3 is 5.97 Å². The Bertz CT molecular complexity index is 1120. The van der Waals surface area contributed by atoms with Gasteiger partial charge in [-0.3, -0.25) is 10.1 Å². The molecule has 2 heterocycles. The summed E-state index contributed by atoms with van der Waals surface area (Å²) in [4.78, 5) is 22.2. The van der Waals surface area contributed by atoms with E-state index in [1.165, 1.54) is 23.0 Å². The summed E-state index contributed by atoms with van der Waals surface area (Å²) in [6.07, 6.45) is 10.7. The first-order valence-corrected chi connectivity index (χ1v) is 12.9. The highest BCUT2D eigenvalue weighted by Gasteiger charge is 2.28. The van der Waals surface area contributed by atoms with Gasteiger partial charge in [0.2, 0.25) is 5.82 Å². The van der Waals surface area contributed by atoms with E-state index in [2.05, 4.69) is 51.8 Å². The molecule has 192 valence electrons. The standard InChI is InChI=1S/C28H36FN5O2/c1-3-14-30-26-25(29)27(32-18-31-26)34-15-6-8-22(17-34)33-24(28(35)36)16-20-10-12-21(13-11-20)23-9-5-4-7-19(23)2/h4,7,10-13,18,22,24,33H,3,5-6,8-9,14-17H2,1-2H3,(H,35,36)(H,30,31,32)/t22?,24-/m0/s1. The highest BCUT2D eigenvalue weighted by molar-refractivity contribution is 5.74. The lowest BCUT2D eigenvalue weighted by molar-refractivity contribution is -0.139. The van der Waals surface area contributed by atoms with Crippen molar-refractivity contribution in [1.29, 1.82) is 0 Å². The Kier molecular flexibility index (Phi) is 8.70. The summed E-state index contributed by atoms with van der Waals surface area (Å²) in [6, 6.07) is 7.44. The van der Waals surface area contributed by atoms with Gasteiger partial charge in [-0.25, -0.2) is 9.97 Å². The van der Waals surface area contributed by atoms with E-state index >= 15 is 4.39 Å². The van der Waals surface area contributed by atoms with Gasteiger partial charge < -0.3 is 15.3 Å². The van der Waals surface area contributed by atoms with Crippen LogP contribution in [-0.2, 0) is 11.2 Å². The zero-order valence-electron chi connectivity index (χ0n) is 21.1. The molecule has 1 saturated heterocycles. The molecule has 36 heavy (non-hydrogen) atoms. The van der Waals surface area contributed by atoms with E-state index in [9.17, 15) is 9.90 Å². The average molecular weight is 494 g/mol. The maximum atomic E-state index is 15.0. The van der Waals surface area contributed by atoms with E-state index in [0.29, 0.717) is 26.1 Å². The van der Waals surface area contributed by atoms with Crippen LogP contribution >= 0.6 is 0 Å². The molecule has 3 N–H and O–H groups in total. The number of piperidine rings is 1. The second-order valence-electron chi connectivity index (χ2n) is 9.63. The molecule has 0 radical (unpaired) electrons. The topological polar surface area (TPSA) is 90.4 Å². The predicted octanol–water partition coefficient (Wildman–Crippen LogP) is 4.82. The van der Waals surface area contributed by atoms with E-state index in [1.54, 1.807) is 0 Å². The number of aromatic nitrogens is 2. The Morgan fingerprint density at radius 1 is 1.28 bits per heavy atom. The van der Waals surface area contributed by atoms with Crippen LogP contribution in [-0.4, -0.2) is 52.8 Å². The molecule has 1 aromatic carbocycles. The van der Waals surface area contributed by atoms with Gasteiger partial charge in [0.1, 0.15) is 12.4 Å². The van der Waals surface area contributed by atoms with Crippen LogP contribution in [0.2, 0.25) is 0 Å². The first-order valence-electron chi connectivity index (χ1n) is 12.9. The highest BCUT2D eigenvalue weighted by Crippen LogP contribution is 2.29. The third-order valence-corrected chi connectivity index (χ3v) is 6.92. The van der Waals surface area contributed by atoms with Crippen LogP contribution in [0.3, 0.4) is 0 Å². The van der Waals surface area contributed by atoms with Crippen molar-refractivity contribution in [3.8, 4) is 0 Å². The quantitative estimate of drug-likeness (QED) is 0.437. The molecule has 1 unspecified atom stereocenters. The molecule has 0 saturated carbocycles. The van der Waals surface area contributed by atoms with Crippen molar-refractivity contribution in [3.63, 3.8) is 0 Å². The monoisotopic (exact) mass is 493 g/mol. The molecule has 7 nitrogen and oxygen atoms in total. The van der Waals surface area contributed by atoms with E-state index in [1.807, 2.05) is 24.0 Å². The van der Waals surface area contributed by atoms with Gasteiger partial charge in [-0.1, -0.05) is 43.3 Å². The highest BCUT2D eigenvalue weighted by atomic mass is 19.1. The fourth-order valence-electron chi connectivity index (χ4n) is 4.99. The lowest BCUT2D eigenvalue weighted by Gasteiger charge is -2.35. The minimum Gasteiger partial charge on any atom is -0.480 e.